The van der Waals surface area contributed by atoms with E-state index in [1.165, 1.54) is 29.5 Å². The third kappa shape index (κ3) is 11.3. The molecule has 6 rings (SSSR count). The van der Waals surface area contributed by atoms with Gasteiger partial charge in [-0.05, 0) is 25.3 Å². The van der Waals surface area contributed by atoms with Crippen molar-refractivity contribution in [3.63, 3.8) is 0 Å². The standard InChI is InChI=1S/C29H43N11O14P2S/c30-15(3-1-2-5-33-27(41)16-11-57-14-37-16)28(42)53-17-7-23(40-13-36-24-25(32)34-12-35-26(24)40)51-19(17)10-50-56(47,48)54-18-8-22(39-6-4-21(31)38-29(39)43)52-20(18)9-49-55(44,45)46/h4,6,12-13,15-20,22-23,37H,1-3,5,7-11,14,30H2,(H,33,41)(H,47,48)(H2,31,38,43)(H2,32,34,35)(H2,44,45,46)/t15-,16-,17-,18-,19?,20+,22+,23?/m0/s1. The van der Waals surface area contributed by atoms with E-state index in [2.05, 4.69) is 35.1 Å². The number of esters is 1. The van der Waals surface area contributed by atoms with E-state index in [1.807, 2.05) is 0 Å². The number of hydrogen-bond donors (Lipinski definition) is 8. The van der Waals surface area contributed by atoms with Crippen LogP contribution in [0.15, 0.2) is 29.7 Å². The quantitative estimate of drug-likeness (QED) is 0.0415. The first-order valence-electron chi connectivity index (χ1n) is 17.6. The number of phosphoric acid groups is 2. The Kier molecular flexibility index (Phi) is 14.0. The van der Waals surface area contributed by atoms with Crippen LogP contribution in [0.4, 0.5) is 11.6 Å². The second-order valence-electron chi connectivity index (χ2n) is 13.2. The lowest BCUT2D eigenvalue weighted by atomic mass is 10.1. The number of unbranched alkanes of at least 4 members (excludes halogenated alkanes) is 1. The number of anilines is 2. The van der Waals surface area contributed by atoms with Gasteiger partial charge in [0.1, 0.15) is 60.6 Å². The first-order valence-corrected chi connectivity index (χ1v) is 21.7. The summed E-state index contributed by atoms with van der Waals surface area (Å²) in [5.41, 5.74) is 17.4. The fourth-order valence-corrected chi connectivity index (χ4v) is 8.53. The van der Waals surface area contributed by atoms with E-state index >= 15 is 0 Å². The number of nitrogens with one attached hydrogen (secondary N) is 2. The van der Waals surface area contributed by atoms with E-state index < -0.39 is 83.4 Å². The Balaban J connectivity index is 1.10. The van der Waals surface area contributed by atoms with Crippen molar-refractivity contribution in [1.29, 1.82) is 0 Å². The number of imidazole rings is 1. The molecule has 3 unspecified atom stereocenters. The van der Waals surface area contributed by atoms with Crippen molar-refractivity contribution >= 4 is 62.1 Å². The highest BCUT2D eigenvalue weighted by molar-refractivity contribution is 7.99. The van der Waals surface area contributed by atoms with Crippen LogP contribution >= 0.6 is 27.4 Å². The molecule has 3 aromatic rings. The van der Waals surface area contributed by atoms with Crippen LogP contribution in [0.2, 0.25) is 0 Å². The molecule has 11 N–H and O–H groups in total. The van der Waals surface area contributed by atoms with Gasteiger partial charge in [-0.25, -0.2) is 28.9 Å². The number of rotatable bonds is 18. The molecule has 3 fully saturated rings. The highest BCUT2D eigenvalue weighted by Crippen LogP contribution is 2.50. The van der Waals surface area contributed by atoms with Crippen molar-refractivity contribution < 1.29 is 61.2 Å². The van der Waals surface area contributed by atoms with Crippen molar-refractivity contribution in [3.8, 4) is 0 Å². The molecule has 0 aromatic carbocycles. The predicted molar refractivity (Wildman–Crippen MR) is 197 cm³/mol. The van der Waals surface area contributed by atoms with Crippen molar-refractivity contribution in [2.24, 2.45) is 5.73 Å². The molecule has 3 aromatic heterocycles. The minimum Gasteiger partial charge on any atom is -0.458 e. The molecule has 6 heterocycles. The Hall–Kier alpha value is -3.62. The SMILES string of the molecule is Nc1ccn([C@H]2C[C@H](OP(=O)(O)OCC3OC(n4cnc5c(N)ncnc54)C[C@@H]3OC(=O)[C@@H](N)CCCCNC(=O)[C@@H]3CSCN3)[C@@H](COP(=O)(O)O)O2)c(=O)n1. The summed E-state index contributed by atoms with van der Waals surface area (Å²) in [6.07, 6.45) is -2.16. The van der Waals surface area contributed by atoms with E-state index in [0.29, 0.717) is 30.8 Å². The number of hydrogen-bond acceptors (Lipinski definition) is 20. The minimum absolute atomic E-state index is 0.00225. The summed E-state index contributed by atoms with van der Waals surface area (Å²) in [5, 5.41) is 5.95. The lowest BCUT2D eigenvalue weighted by Crippen LogP contribution is -2.42. The monoisotopic (exact) mass is 863 g/mol. The zero-order valence-electron chi connectivity index (χ0n) is 30.0. The van der Waals surface area contributed by atoms with Crippen LogP contribution < -0.4 is 33.5 Å². The summed E-state index contributed by atoms with van der Waals surface area (Å²) in [6.45, 7) is -1.07. The van der Waals surface area contributed by atoms with Gasteiger partial charge in [0.15, 0.2) is 11.5 Å². The number of carbonyl (C=O) groups excluding carboxylic acids is 2. The molecule has 1 amide bonds. The smallest absolute Gasteiger partial charge is 0.458 e. The number of carbonyl (C=O) groups is 2. The van der Waals surface area contributed by atoms with Crippen LogP contribution in [0.1, 0.15) is 44.6 Å². The molecule has 57 heavy (non-hydrogen) atoms. The maximum atomic E-state index is 13.4. The first-order chi connectivity index (χ1) is 27.1. The summed E-state index contributed by atoms with van der Waals surface area (Å²) >= 11 is 1.64. The van der Waals surface area contributed by atoms with Crippen LogP contribution in [-0.2, 0) is 46.5 Å². The van der Waals surface area contributed by atoms with Gasteiger partial charge in [-0.1, -0.05) is 0 Å². The molecule has 0 bridgehead atoms. The van der Waals surface area contributed by atoms with Gasteiger partial charge in [-0.2, -0.15) is 4.98 Å². The lowest BCUT2D eigenvalue weighted by molar-refractivity contribution is -0.154. The summed E-state index contributed by atoms with van der Waals surface area (Å²) in [7, 11) is -10.1. The average Bonchev–Trinajstić information content (AvgIpc) is 3.97. The number of nitrogen functional groups attached to an aromatic ring is 2. The number of aromatic nitrogens is 6. The number of phosphoric ester groups is 2. The molecule has 314 valence electrons. The third-order valence-electron chi connectivity index (χ3n) is 9.14. The molecule has 0 aliphatic carbocycles. The van der Waals surface area contributed by atoms with Gasteiger partial charge in [-0.15, -0.1) is 11.8 Å². The predicted octanol–water partition coefficient (Wildman–Crippen LogP) is -1.38. The van der Waals surface area contributed by atoms with Gasteiger partial charge in [0.25, 0.3) is 0 Å². The Labute approximate surface area is 327 Å². The summed E-state index contributed by atoms with van der Waals surface area (Å²) < 4.78 is 60.2. The first kappa shape index (κ1) is 43.0. The Morgan fingerprint density at radius 2 is 1.75 bits per heavy atom. The Morgan fingerprint density at radius 1 is 1.04 bits per heavy atom. The summed E-state index contributed by atoms with van der Waals surface area (Å²) in [5.74, 6) is 0.583. The molecular weight excluding hydrogens is 820 g/mol. The average molecular weight is 864 g/mol. The van der Waals surface area contributed by atoms with Gasteiger partial charge in [-0.3, -0.25) is 37.6 Å². The number of fused-ring (bicyclic) bond motifs is 1. The van der Waals surface area contributed by atoms with Gasteiger partial charge in [0.05, 0.1) is 25.6 Å². The van der Waals surface area contributed by atoms with Gasteiger partial charge < -0.3 is 51.4 Å². The van der Waals surface area contributed by atoms with E-state index in [0.717, 1.165) is 10.4 Å². The van der Waals surface area contributed by atoms with Crippen LogP contribution in [0.25, 0.3) is 11.2 Å². The largest absolute Gasteiger partial charge is 0.472 e. The summed E-state index contributed by atoms with van der Waals surface area (Å²) in [6, 6.07) is 0.0187. The molecule has 0 spiro atoms. The summed E-state index contributed by atoms with van der Waals surface area (Å²) in [4.78, 5) is 83.2. The van der Waals surface area contributed by atoms with E-state index in [-0.39, 0.29) is 48.4 Å². The van der Waals surface area contributed by atoms with Crippen molar-refractivity contribution in [1.82, 2.24) is 39.7 Å². The van der Waals surface area contributed by atoms with Crippen LogP contribution in [0.3, 0.4) is 0 Å². The molecule has 0 radical (unpaired) electrons. The van der Waals surface area contributed by atoms with Crippen molar-refractivity contribution in [3.05, 3.63) is 35.4 Å². The number of nitrogens with two attached hydrogens (primary N) is 3. The number of ether oxygens (including phenoxy) is 3. The fourth-order valence-electron chi connectivity index (χ4n) is 6.28. The number of amides is 1. The zero-order valence-corrected chi connectivity index (χ0v) is 32.7. The second kappa shape index (κ2) is 18.5. The van der Waals surface area contributed by atoms with Gasteiger partial charge in [0.2, 0.25) is 5.91 Å². The van der Waals surface area contributed by atoms with Gasteiger partial charge >= 0.3 is 27.3 Å². The van der Waals surface area contributed by atoms with E-state index in [9.17, 15) is 38.2 Å². The second-order valence-corrected chi connectivity index (χ2v) is 16.9. The molecule has 3 aliphatic rings. The van der Waals surface area contributed by atoms with E-state index in [1.54, 1.807) is 11.8 Å². The highest BCUT2D eigenvalue weighted by atomic mass is 32.2. The highest BCUT2D eigenvalue weighted by Gasteiger charge is 2.45. The molecular formula is C29H43N11O14P2S. The topological polar surface area (TPSA) is 365 Å². The maximum absolute atomic E-state index is 13.4. The molecule has 0 saturated carbocycles. The van der Waals surface area contributed by atoms with E-state index in [4.69, 9.17) is 40.5 Å². The third-order valence-corrected chi connectivity index (χ3v) is 11.6. The molecule has 28 heteroatoms. The normalized spacial score (nSPS) is 26.7. The Morgan fingerprint density at radius 3 is 2.47 bits per heavy atom. The van der Waals surface area contributed by atoms with Crippen molar-refractivity contribution in [2.75, 3.05) is 42.9 Å². The van der Waals surface area contributed by atoms with Crippen LogP contribution in [0.5, 0.6) is 0 Å². The number of nitrogens with zero attached hydrogens (tertiary/aromatic N) is 6. The zero-order chi connectivity index (χ0) is 40.9. The minimum atomic E-state index is -5.06. The fraction of sp³-hybridized carbons (Fsp3) is 0.621. The van der Waals surface area contributed by atoms with Crippen LogP contribution in [0, 0.1) is 0 Å². The molecule has 3 aliphatic heterocycles. The number of thioether (sulfide) groups is 1. The maximum Gasteiger partial charge on any atom is 0.472 e. The van der Waals surface area contributed by atoms with Gasteiger partial charge in [0, 0.05) is 37.2 Å². The molecule has 9 atom stereocenters. The van der Waals surface area contributed by atoms with Crippen molar-refractivity contribution in [2.45, 2.75) is 81.1 Å². The molecule has 25 nitrogen and oxygen atoms in total. The Bertz CT molecular complexity index is 2050. The van der Waals surface area contributed by atoms with Crippen LogP contribution in [-0.4, -0.2) is 124 Å². The lowest BCUT2D eigenvalue weighted by Gasteiger charge is -2.24. The molecule has 3 saturated heterocycles.